The van der Waals surface area contributed by atoms with Gasteiger partial charge in [-0.05, 0) is 20.8 Å². The van der Waals surface area contributed by atoms with E-state index in [0.29, 0.717) is 5.69 Å². The summed E-state index contributed by atoms with van der Waals surface area (Å²) < 4.78 is 25.9. The molecule has 0 spiro atoms. The zero-order valence-electron chi connectivity index (χ0n) is 8.81. The molecule has 0 saturated carbocycles. The third kappa shape index (κ3) is 3.53. The first-order valence-electron chi connectivity index (χ1n) is 4.34. The molecule has 5 nitrogen and oxygen atoms in total. The third-order valence-electron chi connectivity index (χ3n) is 1.36. The Balaban J connectivity index is 2.96. The first kappa shape index (κ1) is 12.6. The van der Waals surface area contributed by atoms with E-state index in [1.165, 1.54) is 5.38 Å². The van der Waals surface area contributed by atoms with Gasteiger partial charge in [-0.3, -0.25) is 0 Å². The molecule has 0 aliphatic heterocycles. The maximum Gasteiger partial charge on any atom is 0.268 e. The Labute approximate surface area is 93.2 Å². The SMILES string of the molecule is CC(C)(C)NS(=O)(=O)c1nc(CO)cs1. The van der Waals surface area contributed by atoms with Crippen molar-refractivity contribution in [2.24, 2.45) is 0 Å². The highest BCUT2D eigenvalue weighted by molar-refractivity contribution is 7.91. The number of rotatable bonds is 3. The summed E-state index contributed by atoms with van der Waals surface area (Å²) in [7, 11) is -3.56. The molecule has 0 atom stereocenters. The zero-order chi connectivity index (χ0) is 11.7. The van der Waals surface area contributed by atoms with E-state index in [2.05, 4.69) is 9.71 Å². The molecule has 1 aromatic heterocycles. The summed E-state index contributed by atoms with van der Waals surface area (Å²) in [5, 5.41) is 10.3. The lowest BCUT2D eigenvalue weighted by molar-refractivity contribution is 0.277. The molecule has 7 heteroatoms. The molecule has 0 fully saturated rings. The van der Waals surface area contributed by atoms with E-state index in [9.17, 15) is 8.42 Å². The van der Waals surface area contributed by atoms with Crippen LogP contribution in [0.4, 0.5) is 0 Å². The van der Waals surface area contributed by atoms with Crippen LogP contribution in [0.1, 0.15) is 26.5 Å². The molecule has 2 N–H and O–H groups in total. The second-order valence-electron chi connectivity index (χ2n) is 4.12. The van der Waals surface area contributed by atoms with Crippen LogP contribution in [0, 0.1) is 0 Å². The van der Waals surface area contributed by atoms with Crippen LogP contribution in [0.2, 0.25) is 0 Å². The molecule has 86 valence electrons. The van der Waals surface area contributed by atoms with Crippen LogP contribution in [0.3, 0.4) is 0 Å². The predicted octanol–water partition coefficient (Wildman–Crippen LogP) is 0.712. The average Bonchev–Trinajstić information content (AvgIpc) is 2.47. The van der Waals surface area contributed by atoms with Gasteiger partial charge in [-0.2, -0.15) is 0 Å². The highest BCUT2D eigenvalue weighted by Crippen LogP contribution is 2.17. The van der Waals surface area contributed by atoms with Gasteiger partial charge in [-0.1, -0.05) is 0 Å². The van der Waals surface area contributed by atoms with Crippen molar-refractivity contribution < 1.29 is 13.5 Å². The van der Waals surface area contributed by atoms with Crippen molar-refractivity contribution in [2.45, 2.75) is 37.3 Å². The summed E-state index contributed by atoms with van der Waals surface area (Å²) in [4.78, 5) is 3.80. The number of nitrogens with zero attached hydrogens (tertiary/aromatic N) is 1. The Kier molecular flexibility index (Phi) is 3.49. The standard InChI is InChI=1S/C8H14N2O3S2/c1-8(2,3)10-15(12,13)7-9-6(4-11)5-14-7/h5,10-11H,4H2,1-3H3. The van der Waals surface area contributed by atoms with E-state index >= 15 is 0 Å². The van der Waals surface area contributed by atoms with E-state index in [1.54, 1.807) is 20.8 Å². The van der Waals surface area contributed by atoms with Crippen molar-refractivity contribution in [1.29, 1.82) is 0 Å². The molecule has 0 radical (unpaired) electrons. The number of hydrogen-bond donors (Lipinski definition) is 2. The highest BCUT2D eigenvalue weighted by Gasteiger charge is 2.24. The Morgan fingerprint density at radius 2 is 2.13 bits per heavy atom. The Morgan fingerprint density at radius 1 is 1.53 bits per heavy atom. The minimum atomic E-state index is -3.56. The Morgan fingerprint density at radius 3 is 2.53 bits per heavy atom. The van der Waals surface area contributed by atoms with Gasteiger partial charge in [-0.15, -0.1) is 11.3 Å². The predicted molar refractivity (Wildman–Crippen MR) is 58.1 cm³/mol. The van der Waals surface area contributed by atoms with Crippen molar-refractivity contribution in [2.75, 3.05) is 0 Å². The summed E-state index contributed by atoms with van der Waals surface area (Å²) >= 11 is 1.00. The first-order chi connectivity index (χ1) is 6.74. The van der Waals surface area contributed by atoms with Gasteiger partial charge in [-0.25, -0.2) is 18.1 Å². The number of thiazole rings is 1. The van der Waals surface area contributed by atoms with Gasteiger partial charge in [0.1, 0.15) is 0 Å². The lowest BCUT2D eigenvalue weighted by Crippen LogP contribution is -2.40. The quantitative estimate of drug-likeness (QED) is 0.828. The summed E-state index contributed by atoms with van der Waals surface area (Å²) in [6, 6.07) is 0. The molecule has 0 aliphatic rings. The van der Waals surface area contributed by atoms with Crippen molar-refractivity contribution >= 4 is 21.4 Å². The molecule has 0 bridgehead atoms. The van der Waals surface area contributed by atoms with Crippen LogP contribution in [0.5, 0.6) is 0 Å². The van der Waals surface area contributed by atoms with Gasteiger partial charge >= 0.3 is 0 Å². The lowest BCUT2D eigenvalue weighted by atomic mass is 10.1. The topological polar surface area (TPSA) is 79.3 Å². The maximum atomic E-state index is 11.7. The number of aliphatic hydroxyl groups is 1. The van der Waals surface area contributed by atoms with Crippen LogP contribution in [-0.2, 0) is 16.6 Å². The van der Waals surface area contributed by atoms with Crippen LogP contribution >= 0.6 is 11.3 Å². The molecule has 1 heterocycles. The lowest BCUT2D eigenvalue weighted by Gasteiger charge is -2.18. The molecule has 0 amide bonds. The van der Waals surface area contributed by atoms with Crippen LogP contribution in [0.25, 0.3) is 0 Å². The van der Waals surface area contributed by atoms with Gasteiger partial charge in [0.05, 0.1) is 12.3 Å². The number of sulfonamides is 1. The van der Waals surface area contributed by atoms with E-state index in [0.717, 1.165) is 11.3 Å². The molecule has 15 heavy (non-hydrogen) atoms. The summed E-state index contributed by atoms with van der Waals surface area (Å²) in [5.41, 5.74) is -0.168. The largest absolute Gasteiger partial charge is 0.390 e. The van der Waals surface area contributed by atoms with Crippen LogP contribution in [0.15, 0.2) is 9.72 Å². The highest BCUT2D eigenvalue weighted by atomic mass is 32.2. The van der Waals surface area contributed by atoms with Crippen molar-refractivity contribution in [3.63, 3.8) is 0 Å². The summed E-state index contributed by atoms with van der Waals surface area (Å²) in [5.74, 6) is 0. The monoisotopic (exact) mass is 250 g/mol. The van der Waals surface area contributed by atoms with Crippen molar-refractivity contribution in [3.8, 4) is 0 Å². The average molecular weight is 250 g/mol. The molecule has 0 aliphatic carbocycles. The molecular formula is C8H14N2O3S2. The Hall–Kier alpha value is -0.500. The van der Waals surface area contributed by atoms with Gasteiger partial charge < -0.3 is 5.11 Å². The molecule has 0 unspecified atom stereocenters. The first-order valence-corrected chi connectivity index (χ1v) is 6.70. The third-order valence-corrected chi connectivity index (χ3v) is 4.43. The zero-order valence-corrected chi connectivity index (χ0v) is 10.4. The number of aliphatic hydroxyl groups excluding tert-OH is 1. The van der Waals surface area contributed by atoms with Gasteiger partial charge in [0.25, 0.3) is 10.0 Å². The fourth-order valence-electron chi connectivity index (χ4n) is 0.931. The van der Waals surface area contributed by atoms with Gasteiger partial charge in [0.2, 0.25) is 4.34 Å². The fraction of sp³-hybridized carbons (Fsp3) is 0.625. The minimum Gasteiger partial charge on any atom is -0.390 e. The second-order valence-corrected chi connectivity index (χ2v) is 6.83. The molecule has 1 rings (SSSR count). The fourth-order valence-corrected chi connectivity index (χ4v) is 3.37. The van der Waals surface area contributed by atoms with Gasteiger partial charge in [0, 0.05) is 10.9 Å². The van der Waals surface area contributed by atoms with E-state index in [-0.39, 0.29) is 10.9 Å². The number of nitrogens with one attached hydrogen (secondary N) is 1. The number of hydrogen-bond acceptors (Lipinski definition) is 5. The smallest absolute Gasteiger partial charge is 0.268 e. The molecule has 0 saturated heterocycles. The summed E-state index contributed by atoms with van der Waals surface area (Å²) in [6.45, 7) is 5.02. The summed E-state index contributed by atoms with van der Waals surface area (Å²) in [6.07, 6.45) is 0. The van der Waals surface area contributed by atoms with Crippen LogP contribution in [-0.4, -0.2) is 24.0 Å². The second kappa shape index (κ2) is 4.17. The Bertz CT molecular complexity index is 431. The van der Waals surface area contributed by atoms with Crippen LogP contribution < -0.4 is 4.72 Å². The van der Waals surface area contributed by atoms with E-state index in [4.69, 9.17) is 5.11 Å². The maximum absolute atomic E-state index is 11.7. The normalized spacial score (nSPS) is 13.1. The molecule has 1 aromatic rings. The van der Waals surface area contributed by atoms with E-state index in [1.807, 2.05) is 0 Å². The minimum absolute atomic E-state index is 0.0125. The van der Waals surface area contributed by atoms with Crippen molar-refractivity contribution in [1.82, 2.24) is 9.71 Å². The molecule has 0 aromatic carbocycles. The van der Waals surface area contributed by atoms with E-state index < -0.39 is 15.6 Å². The van der Waals surface area contributed by atoms with Gasteiger partial charge in [0.15, 0.2) is 0 Å². The molecular weight excluding hydrogens is 236 g/mol. The number of aromatic nitrogens is 1. The van der Waals surface area contributed by atoms with Crippen molar-refractivity contribution in [3.05, 3.63) is 11.1 Å².